The van der Waals surface area contributed by atoms with Crippen LogP contribution in [-0.4, -0.2) is 11.7 Å². The van der Waals surface area contributed by atoms with Gasteiger partial charge in [0.1, 0.15) is 5.75 Å². The van der Waals surface area contributed by atoms with Crippen LogP contribution in [0.3, 0.4) is 0 Å². The van der Waals surface area contributed by atoms with E-state index in [2.05, 4.69) is 6.58 Å². The van der Waals surface area contributed by atoms with Gasteiger partial charge in [0.05, 0.1) is 18.2 Å². The lowest BCUT2D eigenvalue weighted by Crippen LogP contribution is -2.01. The van der Waals surface area contributed by atoms with Crippen molar-refractivity contribution in [3.05, 3.63) is 40.4 Å². The van der Waals surface area contributed by atoms with Gasteiger partial charge >= 0.3 is 0 Å². The Kier molecular flexibility index (Phi) is 7.18. The molecular weight excluding hydrogens is 271 g/mol. The number of ether oxygens (including phenoxy) is 1. The van der Waals surface area contributed by atoms with Crippen LogP contribution in [0.2, 0.25) is 10.0 Å². The van der Waals surface area contributed by atoms with E-state index in [0.29, 0.717) is 28.0 Å². The Balaban J connectivity index is 2.48. The monoisotopic (exact) mass is 288 g/mol. The molecule has 0 spiro atoms. The largest absolute Gasteiger partial charge is 0.492 e. The molecule has 18 heavy (non-hydrogen) atoms. The Morgan fingerprint density at radius 1 is 1.22 bits per heavy atom. The molecule has 0 bridgehead atoms. The molecule has 0 saturated heterocycles. The summed E-state index contributed by atoms with van der Waals surface area (Å²) in [7, 11) is 0. The van der Waals surface area contributed by atoms with E-state index in [4.69, 9.17) is 27.9 Å². The third-order valence-electron chi connectivity index (χ3n) is 2.55. The van der Waals surface area contributed by atoms with Crippen molar-refractivity contribution in [3.63, 3.8) is 0 Å². The maximum atomic E-state index is 9.23. The molecule has 100 valence electrons. The molecule has 0 atom stereocenters. The molecule has 0 aliphatic rings. The molecular formula is C14H18Cl2O2. The van der Waals surface area contributed by atoms with E-state index >= 15 is 0 Å². The number of aliphatic hydroxyl groups is 1. The Labute approximate surface area is 118 Å². The average molecular weight is 289 g/mol. The fraction of sp³-hybridized carbons (Fsp3) is 0.429. The summed E-state index contributed by atoms with van der Waals surface area (Å²) < 4.78 is 5.62. The minimum absolute atomic E-state index is 0.133. The standard InChI is InChI=1S/C14H18Cl2O2/c1-2-3-4-5-6-7-18-14-11(10-17)8-12(15)9-13(14)16/h2,8-9,17H,1,3-7,10H2. The van der Waals surface area contributed by atoms with Crippen molar-refractivity contribution in [2.24, 2.45) is 0 Å². The fourth-order valence-corrected chi connectivity index (χ4v) is 2.22. The van der Waals surface area contributed by atoms with Crippen LogP contribution in [0.25, 0.3) is 0 Å². The zero-order valence-corrected chi connectivity index (χ0v) is 11.8. The fourth-order valence-electron chi connectivity index (χ4n) is 1.63. The second kappa shape index (κ2) is 8.41. The average Bonchev–Trinajstić information content (AvgIpc) is 2.35. The smallest absolute Gasteiger partial charge is 0.143 e. The third kappa shape index (κ3) is 4.89. The van der Waals surface area contributed by atoms with E-state index < -0.39 is 0 Å². The molecule has 0 heterocycles. The lowest BCUT2D eigenvalue weighted by molar-refractivity contribution is 0.260. The Morgan fingerprint density at radius 3 is 2.67 bits per heavy atom. The molecule has 0 fully saturated rings. The van der Waals surface area contributed by atoms with Crippen molar-refractivity contribution in [1.82, 2.24) is 0 Å². The topological polar surface area (TPSA) is 29.5 Å². The molecule has 1 N–H and O–H groups in total. The predicted molar refractivity (Wildman–Crippen MR) is 76.5 cm³/mol. The summed E-state index contributed by atoms with van der Waals surface area (Å²) in [6.07, 6.45) is 6.11. The van der Waals surface area contributed by atoms with Crippen molar-refractivity contribution in [2.45, 2.75) is 32.3 Å². The van der Waals surface area contributed by atoms with Gasteiger partial charge in [0.15, 0.2) is 0 Å². The van der Waals surface area contributed by atoms with E-state index in [-0.39, 0.29) is 6.61 Å². The van der Waals surface area contributed by atoms with Crippen LogP contribution in [-0.2, 0) is 6.61 Å². The SMILES string of the molecule is C=CCCCCCOc1c(Cl)cc(Cl)cc1CO. The maximum absolute atomic E-state index is 9.23. The van der Waals surface area contributed by atoms with Crippen LogP contribution in [0.1, 0.15) is 31.2 Å². The Hall–Kier alpha value is -0.700. The van der Waals surface area contributed by atoms with Gasteiger partial charge in [-0.15, -0.1) is 6.58 Å². The zero-order valence-electron chi connectivity index (χ0n) is 10.3. The summed E-state index contributed by atoms with van der Waals surface area (Å²) >= 11 is 11.9. The molecule has 0 aromatic heterocycles. The first-order chi connectivity index (χ1) is 8.69. The molecule has 1 aromatic rings. The van der Waals surface area contributed by atoms with Crippen molar-refractivity contribution in [3.8, 4) is 5.75 Å². The number of hydrogen-bond acceptors (Lipinski definition) is 2. The van der Waals surface area contributed by atoms with Crippen LogP contribution >= 0.6 is 23.2 Å². The highest BCUT2D eigenvalue weighted by atomic mass is 35.5. The second-order valence-electron chi connectivity index (χ2n) is 4.02. The molecule has 0 aliphatic carbocycles. The number of allylic oxidation sites excluding steroid dienone is 1. The predicted octanol–water partition coefficient (Wildman–Crippen LogP) is 4.61. The van der Waals surface area contributed by atoms with Crippen LogP contribution in [0, 0.1) is 0 Å². The van der Waals surface area contributed by atoms with Gasteiger partial charge in [-0.1, -0.05) is 29.3 Å². The van der Waals surface area contributed by atoms with E-state index in [1.807, 2.05) is 6.08 Å². The number of unbranched alkanes of at least 4 members (excludes halogenated alkanes) is 3. The first kappa shape index (κ1) is 15.4. The summed E-state index contributed by atoms with van der Waals surface area (Å²) in [5.41, 5.74) is 0.624. The van der Waals surface area contributed by atoms with Crippen LogP contribution < -0.4 is 4.74 Å². The first-order valence-corrected chi connectivity index (χ1v) is 6.77. The van der Waals surface area contributed by atoms with Gasteiger partial charge < -0.3 is 9.84 Å². The normalized spacial score (nSPS) is 10.4. The van der Waals surface area contributed by atoms with Gasteiger partial charge in [0.25, 0.3) is 0 Å². The summed E-state index contributed by atoms with van der Waals surface area (Å²) in [5.74, 6) is 0.535. The summed E-state index contributed by atoms with van der Waals surface area (Å²) in [6.45, 7) is 4.14. The van der Waals surface area contributed by atoms with Gasteiger partial charge in [-0.05, 0) is 37.8 Å². The van der Waals surface area contributed by atoms with E-state index in [1.54, 1.807) is 12.1 Å². The van der Waals surface area contributed by atoms with Crippen molar-refractivity contribution >= 4 is 23.2 Å². The van der Waals surface area contributed by atoms with E-state index in [9.17, 15) is 5.11 Å². The van der Waals surface area contributed by atoms with Crippen molar-refractivity contribution in [2.75, 3.05) is 6.61 Å². The molecule has 0 aliphatic heterocycles. The lowest BCUT2D eigenvalue weighted by Gasteiger charge is -2.12. The van der Waals surface area contributed by atoms with Gasteiger partial charge in [-0.2, -0.15) is 0 Å². The molecule has 2 nitrogen and oxygen atoms in total. The number of rotatable bonds is 8. The molecule has 1 rings (SSSR count). The number of benzene rings is 1. The number of aliphatic hydroxyl groups excluding tert-OH is 1. The van der Waals surface area contributed by atoms with E-state index in [1.165, 1.54) is 0 Å². The van der Waals surface area contributed by atoms with Crippen LogP contribution in [0.4, 0.5) is 0 Å². The molecule has 4 heteroatoms. The minimum Gasteiger partial charge on any atom is -0.492 e. The lowest BCUT2D eigenvalue weighted by atomic mass is 10.2. The Morgan fingerprint density at radius 2 is 2.00 bits per heavy atom. The third-order valence-corrected chi connectivity index (χ3v) is 3.05. The molecule has 0 radical (unpaired) electrons. The van der Waals surface area contributed by atoms with Crippen molar-refractivity contribution < 1.29 is 9.84 Å². The summed E-state index contributed by atoms with van der Waals surface area (Å²) in [4.78, 5) is 0. The second-order valence-corrected chi connectivity index (χ2v) is 4.86. The van der Waals surface area contributed by atoms with Crippen LogP contribution in [0.15, 0.2) is 24.8 Å². The Bertz CT molecular complexity index is 392. The van der Waals surface area contributed by atoms with Crippen LogP contribution in [0.5, 0.6) is 5.75 Å². The highest BCUT2D eigenvalue weighted by Crippen LogP contribution is 2.32. The molecule has 0 saturated carbocycles. The van der Waals surface area contributed by atoms with Gasteiger partial charge in [0, 0.05) is 10.6 Å². The van der Waals surface area contributed by atoms with Gasteiger partial charge in [0.2, 0.25) is 0 Å². The van der Waals surface area contributed by atoms with E-state index in [0.717, 1.165) is 25.7 Å². The highest BCUT2D eigenvalue weighted by molar-refractivity contribution is 6.35. The molecule has 0 unspecified atom stereocenters. The molecule has 0 amide bonds. The van der Waals surface area contributed by atoms with Gasteiger partial charge in [-0.25, -0.2) is 0 Å². The highest BCUT2D eigenvalue weighted by Gasteiger charge is 2.09. The quantitative estimate of drug-likeness (QED) is 0.559. The zero-order chi connectivity index (χ0) is 13.4. The summed E-state index contributed by atoms with van der Waals surface area (Å²) in [5, 5.41) is 10.2. The number of halogens is 2. The van der Waals surface area contributed by atoms with Gasteiger partial charge in [-0.3, -0.25) is 0 Å². The van der Waals surface area contributed by atoms with Crippen molar-refractivity contribution in [1.29, 1.82) is 0 Å². The summed E-state index contributed by atoms with van der Waals surface area (Å²) in [6, 6.07) is 3.29. The first-order valence-electron chi connectivity index (χ1n) is 6.01. The maximum Gasteiger partial charge on any atom is 0.143 e. The number of hydrogen-bond donors (Lipinski definition) is 1. The molecule has 1 aromatic carbocycles. The minimum atomic E-state index is -0.133.